The highest BCUT2D eigenvalue weighted by Crippen LogP contribution is 2.31. The topological polar surface area (TPSA) is 78.3 Å². The number of ether oxygens (including phenoxy) is 2. The number of nitrogens with zero attached hydrogens (tertiary/aromatic N) is 3. The molecule has 0 aliphatic carbocycles. The normalized spacial score (nSPS) is 10.9. The van der Waals surface area contributed by atoms with Crippen LogP contribution in [0.2, 0.25) is 10.0 Å². The molecule has 3 aromatic carbocycles. The standard InChI is InChI=1S/C26H24Cl2N4O3S/c1-34-21-9-5-8-19(12-21)17-36-26-31-30-24(32(26)23-11-10-20(27)13-22(23)28)14-29-25(33)16-35-15-18-6-3-2-4-7-18/h2-13H,14-17H2,1H3,(H,29,33). The zero-order valence-corrected chi connectivity index (χ0v) is 21.8. The maximum atomic E-state index is 12.4. The van der Waals surface area contributed by atoms with Gasteiger partial charge in [-0.3, -0.25) is 9.36 Å². The van der Waals surface area contributed by atoms with Gasteiger partial charge in [0.05, 0.1) is 31.0 Å². The molecule has 4 aromatic rings. The summed E-state index contributed by atoms with van der Waals surface area (Å²) < 4.78 is 12.7. The number of aromatic nitrogens is 3. The molecule has 0 unspecified atom stereocenters. The van der Waals surface area contributed by atoms with Crippen molar-refractivity contribution in [2.24, 2.45) is 0 Å². The fourth-order valence-corrected chi connectivity index (χ4v) is 4.79. The van der Waals surface area contributed by atoms with Crippen molar-refractivity contribution in [1.82, 2.24) is 20.1 Å². The van der Waals surface area contributed by atoms with Crippen molar-refractivity contribution in [3.8, 4) is 11.4 Å². The van der Waals surface area contributed by atoms with Crippen LogP contribution in [0, 0.1) is 0 Å². The van der Waals surface area contributed by atoms with E-state index in [4.69, 9.17) is 32.7 Å². The third-order valence-electron chi connectivity index (χ3n) is 5.14. The largest absolute Gasteiger partial charge is 0.497 e. The van der Waals surface area contributed by atoms with Crippen LogP contribution in [0.15, 0.2) is 78.0 Å². The fourth-order valence-electron chi connectivity index (χ4n) is 3.39. The molecule has 0 radical (unpaired) electrons. The number of hydrogen-bond donors (Lipinski definition) is 1. The van der Waals surface area contributed by atoms with Gasteiger partial charge in [0.15, 0.2) is 11.0 Å². The van der Waals surface area contributed by atoms with Gasteiger partial charge in [0.25, 0.3) is 0 Å². The van der Waals surface area contributed by atoms with Crippen molar-refractivity contribution in [3.63, 3.8) is 0 Å². The third kappa shape index (κ3) is 7.01. The van der Waals surface area contributed by atoms with E-state index in [1.165, 1.54) is 11.8 Å². The summed E-state index contributed by atoms with van der Waals surface area (Å²) in [5.41, 5.74) is 2.74. The molecular weight excluding hydrogens is 519 g/mol. The number of methoxy groups -OCH3 is 1. The number of benzene rings is 3. The second kappa shape index (κ2) is 12.8. The van der Waals surface area contributed by atoms with Gasteiger partial charge in [-0.15, -0.1) is 10.2 Å². The zero-order valence-electron chi connectivity index (χ0n) is 19.5. The SMILES string of the molecule is COc1cccc(CSc2nnc(CNC(=O)COCc3ccccc3)n2-c2ccc(Cl)cc2Cl)c1. The van der Waals surface area contributed by atoms with E-state index in [1.54, 1.807) is 25.3 Å². The lowest BCUT2D eigenvalue weighted by Gasteiger charge is -2.13. The van der Waals surface area contributed by atoms with Crippen molar-refractivity contribution in [3.05, 3.63) is 99.8 Å². The Balaban J connectivity index is 1.46. The first kappa shape index (κ1) is 26.0. The highest BCUT2D eigenvalue weighted by atomic mass is 35.5. The highest BCUT2D eigenvalue weighted by Gasteiger charge is 2.18. The molecule has 0 aliphatic rings. The number of rotatable bonds is 11. The molecular formula is C26H24Cl2N4O3S. The molecule has 1 aromatic heterocycles. The van der Waals surface area contributed by atoms with E-state index < -0.39 is 0 Å². The van der Waals surface area contributed by atoms with E-state index in [2.05, 4.69) is 15.5 Å². The number of thioether (sulfide) groups is 1. The predicted molar refractivity (Wildman–Crippen MR) is 142 cm³/mol. The van der Waals surface area contributed by atoms with Crippen LogP contribution in [0.4, 0.5) is 0 Å². The van der Waals surface area contributed by atoms with Crippen molar-refractivity contribution >= 4 is 40.9 Å². The Morgan fingerprint density at radius 3 is 2.58 bits per heavy atom. The number of carbonyl (C=O) groups excluding carboxylic acids is 1. The average molecular weight is 543 g/mol. The van der Waals surface area contributed by atoms with E-state index in [9.17, 15) is 4.79 Å². The van der Waals surface area contributed by atoms with Gasteiger partial charge in [-0.2, -0.15) is 0 Å². The summed E-state index contributed by atoms with van der Waals surface area (Å²) in [7, 11) is 1.64. The molecule has 36 heavy (non-hydrogen) atoms. The van der Waals surface area contributed by atoms with Crippen LogP contribution in [0.1, 0.15) is 17.0 Å². The summed E-state index contributed by atoms with van der Waals surface area (Å²) in [6.07, 6.45) is 0. The Hall–Kier alpha value is -3.04. The average Bonchev–Trinajstić information content (AvgIpc) is 3.29. The zero-order chi connectivity index (χ0) is 25.3. The van der Waals surface area contributed by atoms with Crippen LogP contribution in [-0.2, 0) is 28.4 Å². The maximum Gasteiger partial charge on any atom is 0.246 e. The van der Waals surface area contributed by atoms with Crippen LogP contribution < -0.4 is 10.1 Å². The van der Waals surface area contributed by atoms with E-state index in [-0.39, 0.29) is 19.1 Å². The molecule has 7 nitrogen and oxygen atoms in total. The molecule has 0 saturated heterocycles. The first-order valence-corrected chi connectivity index (χ1v) is 12.8. The van der Waals surface area contributed by atoms with Crippen molar-refractivity contribution < 1.29 is 14.3 Å². The smallest absolute Gasteiger partial charge is 0.246 e. The second-order valence-electron chi connectivity index (χ2n) is 7.73. The summed E-state index contributed by atoms with van der Waals surface area (Å²) in [6, 6.07) is 22.7. The van der Waals surface area contributed by atoms with Crippen LogP contribution >= 0.6 is 35.0 Å². The fraction of sp³-hybridized carbons (Fsp3) is 0.192. The number of amides is 1. The lowest BCUT2D eigenvalue weighted by Crippen LogP contribution is -2.28. The van der Waals surface area contributed by atoms with Gasteiger partial charge in [0.1, 0.15) is 12.4 Å². The number of carbonyl (C=O) groups is 1. The van der Waals surface area contributed by atoms with Crippen LogP contribution in [0.3, 0.4) is 0 Å². The summed E-state index contributed by atoms with van der Waals surface area (Å²) in [6.45, 7) is 0.442. The molecule has 0 fully saturated rings. The molecule has 1 amide bonds. The predicted octanol–water partition coefficient (Wildman–Crippen LogP) is 5.71. The Morgan fingerprint density at radius 1 is 1.00 bits per heavy atom. The summed E-state index contributed by atoms with van der Waals surface area (Å²) in [5, 5.41) is 13.1. The van der Waals surface area contributed by atoms with Gasteiger partial charge < -0.3 is 14.8 Å². The molecule has 186 valence electrons. The monoisotopic (exact) mass is 542 g/mol. The quantitative estimate of drug-likeness (QED) is 0.244. The number of hydrogen-bond acceptors (Lipinski definition) is 6. The van der Waals surface area contributed by atoms with E-state index in [0.29, 0.717) is 39.1 Å². The van der Waals surface area contributed by atoms with Crippen molar-refractivity contribution in [1.29, 1.82) is 0 Å². The van der Waals surface area contributed by atoms with Gasteiger partial charge >= 0.3 is 0 Å². The van der Waals surface area contributed by atoms with Crippen LogP contribution in [0.25, 0.3) is 5.69 Å². The van der Waals surface area contributed by atoms with Crippen molar-refractivity contribution in [2.45, 2.75) is 24.1 Å². The van der Waals surface area contributed by atoms with E-state index >= 15 is 0 Å². The molecule has 0 bridgehead atoms. The second-order valence-corrected chi connectivity index (χ2v) is 9.51. The molecule has 10 heteroatoms. The van der Waals surface area contributed by atoms with Crippen molar-refractivity contribution in [2.75, 3.05) is 13.7 Å². The van der Waals surface area contributed by atoms with Gasteiger partial charge in [-0.05, 0) is 41.5 Å². The lowest BCUT2D eigenvalue weighted by atomic mass is 10.2. The Labute approximate surface area is 223 Å². The van der Waals surface area contributed by atoms with Crippen LogP contribution in [0.5, 0.6) is 5.75 Å². The number of nitrogens with one attached hydrogen (secondary N) is 1. The molecule has 0 spiro atoms. The summed E-state index contributed by atoms with van der Waals surface area (Å²) >= 11 is 14.1. The first-order valence-electron chi connectivity index (χ1n) is 11.1. The minimum atomic E-state index is -0.256. The Kier molecular flexibility index (Phi) is 9.24. The highest BCUT2D eigenvalue weighted by molar-refractivity contribution is 7.98. The number of halogens is 2. The summed E-state index contributed by atoms with van der Waals surface area (Å²) in [4.78, 5) is 12.4. The van der Waals surface area contributed by atoms with Gasteiger partial charge in [-0.1, -0.05) is 77.4 Å². The molecule has 1 N–H and O–H groups in total. The van der Waals surface area contributed by atoms with Gasteiger partial charge in [0, 0.05) is 10.8 Å². The maximum absolute atomic E-state index is 12.4. The minimum absolute atomic E-state index is 0.0673. The Morgan fingerprint density at radius 2 is 1.81 bits per heavy atom. The molecule has 0 aliphatic heterocycles. The summed E-state index contributed by atoms with van der Waals surface area (Å²) in [5.74, 6) is 1.70. The van der Waals surface area contributed by atoms with Gasteiger partial charge in [0.2, 0.25) is 5.91 Å². The first-order chi connectivity index (χ1) is 17.5. The molecule has 4 rings (SSSR count). The van der Waals surface area contributed by atoms with Gasteiger partial charge in [-0.25, -0.2) is 0 Å². The molecule has 0 atom stereocenters. The molecule has 0 saturated carbocycles. The Bertz CT molecular complexity index is 1320. The van der Waals surface area contributed by atoms with E-state index in [0.717, 1.165) is 16.9 Å². The third-order valence-corrected chi connectivity index (χ3v) is 6.68. The minimum Gasteiger partial charge on any atom is -0.497 e. The van der Waals surface area contributed by atoms with E-state index in [1.807, 2.05) is 59.2 Å². The lowest BCUT2D eigenvalue weighted by molar-refractivity contribution is -0.126. The molecule has 1 heterocycles. The van der Waals surface area contributed by atoms with Crippen LogP contribution in [-0.4, -0.2) is 34.4 Å².